The Morgan fingerprint density at radius 2 is 0.745 bits per heavy atom. The predicted octanol–water partition coefficient (Wildman–Crippen LogP) is 14.4. The van der Waals surface area contributed by atoms with E-state index >= 15 is 0 Å². The molecule has 1 nitrogen and oxygen atoms in total. The topological polar surface area (TPSA) is 13.1 Å². The summed E-state index contributed by atoms with van der Waals surface area (Å²) in [6.45, 7) is 0. The van der Waals surface area contributed by atoms with Crippen LogP contribution in [0.3, 0.4) is 0 Å². The second-order valence-corrected chi connectivity index (χ2v) is 13.6. The van der Waals surface area contributed by atoms with Crippen molar-refractivity contribution >= 4 is 75.8 Å². The van der Waals surface area contributed by atoms with Crippen molar-refractivity contribution in [2.24, 2.45) is 0 Å². The maximum absolute atomic E-state index is 6.70. The molecule has 0 radical (unpaired) electrons. The van der Waals surface area contributed by atoms with E-state index in [1.54, 1.807) is 0 Å². The van der Waals surface area contributed by atoms with Gasteiger partial charge in [-0.3, -0.25) is 0 Å². The highest BCUT2D eigenvalue weighted by Crippen LogP contribution is 2.48. The van der Waals surface area contributed by atoms with E-state index in [1.807, 2.05) is 0 Å². The fourth-order valence-electron chi connectivity index (χ4n) is 8.43. The lowest BCUT2D eigenvalue weighted by Crippen LogP contribution is -1.92. The third-order valence-electron chi connectivity index (χ3n) is 10.8. The molecule has 0 aliphatic carbocycles. The zero-order chi connectivity index (χ0) is 33.5. The van der Waals surface area contributed by atoms with Crippen LogP contribution in [0.2, 0.25) is 0 Å². The van der Waals surface area contributed by atoms with E-state index < -0.39 is 0 Å². The van der Waals surface area contributed by atoms with Crippen LogP contribution in [0.1, 0.15) is 0 Å². The quantitative estimate of drug-likeness (QED) is 0.174. The van der Waals surface area contributed by atoms with Gasteiger partial charge in [-0.15, -0.1) is 0 Å². The number of hydrogen-bond donors (Lipinski definition) is 0. The van der Waals surface area contributed by atoms with Gasteiger partial charge in [0.05, 0.1) is 0 Å². The van der Waals surface area contributed by atoms with Crippen LogP contribution in [-0.4, -0.2) is 0 Å². The van der Waals surface area contributed by atoms with Crippen molar-refractivity contribution in [3.8, 4) is 33.4 Å². The standard InChI is InChI=1S/C50H30O/c1-3-13-33-27-35(23-21-31(33)11-1)36-25-26-47-44(29-36)46-30-45(38-15-5-10-20-43(38)50(46)51-47)49-41-18-8-6-16-39(41)48(40-17-7-9-19-42(40)49)37-24-22-32-12-2-4-14-34(32)28-37/h1-30H. The summed E-state index contributed by atoms with van der Waals surface area (Å²) in [5, 5.41) is 14.6. The summed E-state index contributed by atoms with van der Waals surface area (Å²) in [5.74, 6) is 0. The molecule has 0 saturated carbocycles. The van der Waals surface area contributed by atoms with E-state index in [0.717, 1.165) is 27.3 Å². The average molecular weight is 647 g/mol. The van der Waals surface area contributed by atoms with Crippen LogP contribution in [0.15, 0.2) is 186 Å². The summed E-state index contributed by atoms with van der Waals surface area (Å²) < 4.78 is 6.70. The molecule has 0 spiro atoms. The number of hydrogen-bond acceptors (Lipinski definition) is 1. The SMILES string of the molecule is c1ccc2cc(-c3ccc4oc5c6ccccc6c(-c6c7ccccc7c(-c7ccc8ccccc8c7)c7ccccc67)cc5c4c3)ccc2c1. The molecule has 10 aromatic carbocycles. The van der Waals surface area contributed by atoms with E-state index in [-0.39, 0.29) is 0 Å². The van der Waals surface area contributed by atoms with Gasteiger partial charge in [-0.1, -0.05) is 152 Å². The molecule has 11 rings (SSSR count). The average Bonchev–Trinajstić information content (AvgIpc) is 3.57. The largest absolute Gasteiger partial charge is 0.455 e. The van der Waals surface area contributed by atoms with Crippen molar-refractivity contribution in [2.45, 2.75) is 0 Å². The Labute approximate surface area is 294 Å². The van der Waals surface area contributed by atoms with Crippen LogP contribution in [0.4, 0.5) is 0 Å². The Kier molecular flexibility index (Phi) is 6.02. The number of furan rings is 1. The van der Waals surface area contributed by atoms with Crippen molar-refractivity contribution in [3.63, 3.8) is 0 Å². The summed E-state index contributed by atoms with van der Waals surface area (Å²) in [4.78, 5) is 0. The Hall–Kier alpha value is -6.70. The van der Waals surface area contributed by atoms with E-state index in [1.165, 1.54) is 81.9 Å². The zero-order valence-corrected chi connectivity index (χ0v) is 27.7. The van der Waals surface area contributed by atoms with Gasteiger partial charge in [-0.2, -0.15) is 0 Å². The van der Waals surface area contributed by atoms with Gasteiger partial charge in [0.1, 0.15) is 11.2 Å². The summed E-state index contributed by atoms with van der Waals surface area (Å²) in [7, 11) is 0. The molecule has 51 heavy (non-hydrogen) atoms. The van der Waals surface area contributed by atoms with Gasteiger partial charge in [-0.25, -0.2) is 0 Å². The summed E-state index contributed by atoms with van der Waals surface area (Å²) >= 11 is 0. The summed E-state index contributed by atoms with van der Waals surface area (Å²) in [6.07, 6.45) is 0. The van der Waals surface area contributed by atoms with E-state index in [2.05, 4.69) is 182 Å². The number of rotatable bonds is 3. The molecule has 236 valence electrons. The Morgan fingerprint density at radius 3 is 1.39 bits per heavy atom. The Balaban J connectivity index is 1.22. The molecule has 0 saturated heterocycles. The van der Waals surface area contributed by atoms with Gasteiger partial charge in [-0.05, 0) is 112 Å². The third-order valence-corrected chi connectivity index (χ3v) is 10.8. The molecule has 0 atom stereocenters. The highest BCUT2D eigenvalue weighted by Gasteiger charge is 2.21. The van der Waals surface area contributed by atoms with Gasteiger partial charge in [0, 0.05) is 16.2 Å². The van der Waals surface area contributed by atoms with Crippen LogP contribution >= 0.6 is 0 Å². The Morgan fingerprint density at radius 1 is 0.275 bits per heavy atom. The first kappa shape index (κ1) is 28.2. The second-order valence-electron chi connectivity index (χ2n) is 13.6. The highest BCUT2D eigenvalue weighted by molar-refractivity contribution is 6.27. The first-order valence-electron chi connectivity index (χ1n) is 17.6. The fourth-order valence-corrected chi connectivity index (χ4v) is 8.43. The van der Waals surface area contributed by atoms with Gasteiger partial charge in [0.25, 0.3) is 0 Å². The van der Waals surface area contributed by atoms with Crippen LogP contribution in [0.25, 0.3) is 109 Å². The molecule has 0 aliphatic rings. The number of benzene rings is 10. The fraction of sp³-hybridized carbons (Fsp3) is 0. The Bertz CT molecular complexity index is 3140. The maximum Gasteiger partial charge on any atom is 0.143 e. The minimum atomic E-state index is 0.901. The van der Waals surface area contributed by atoms with Gasteiger partial charge >= 0.3 is 0 Å². The molecule has 0 aliphatic heterocycles. The van der Waals surface area contributed by atoms with E-state index in [4.69, 9.17) is 4.42 Å². The van der Waals surface area contributed by atoms with Crippen molar-refractivity contribution in [1.29, 1.82) is 0 Å². The second kappa shape index (κ2) is 10.9. The minimum absolute atomic E-state index is 0.901. The molecule has 0 N–H and O–H groups in total. The molecular weight excluding hydrogens is 617 g/mol. The van der Waals surface area contributed by atoms with Gasteiger partial charge in [0.15, 0.2) is 0 Å². The lowest BCUT2D eigenvalue weighted by atomic mass is 9.84. The van der Waals surface area contributed by atoms with E-state index in [0.29, 0.717) is 0 Å². The third kappa shape index (κ3) is 4.28. The first-order valence-corrected chi connectivity index (χ1v) is 17.6. The molecular formula is C50H30O. The van der Waals surface area contributed by atoms with Crippen molar-refractivity contribution in [2.75, 3.05) is 0 Å². The molecule has 0 bridgehead atoms. The molecule has 0 unspecified atom stereocenters. The van der Waals surface area contributed by atoms with Crippen LogP contribution in [0.5, 0.6) is 0 Å². The van der Waals surface area contributed by atoms with Gasteiger partial charge in [0.2, 0.25) is 0 Å². The summed E-state index contributed by atoms with van der Waals surface area (Å²) in [5.41, 5.74) is 9.19. The monoisotopic (exact) mass is 646 g/mol. The van der Waals surface area contributed by atoms with E-state index in [9.17, 15) is 0 Å². The van der Waals surface area contributed by atoms with Crippen LogP contribution in [0, 0.1) is 0 Å². The molecule has 1 heteroatoms. The molecule has 1 aromatic heterocycles. The van der Waals surface area contributed by atoms with Crippen molar-refractivity contribution in [1.82, 2.24) is 0 Å². The van der Waals surface area contributed by atoms with Crippen molar-refractivity contribution < 1.29 is 4.42 Å². The normalized spacial score (nSPS) is 11.9. The molecule has 11 aromatic rings. The molecule has 1 heterocycles. The summed E-state index contributed by atoms with van der Waals surface area (Å²) in [6, 6.07) is 66.4. The lowest BCUT2D eigenvalue weighted by molar-refractivity contribution is 0.673. The van der Waals surface area contributed by atoms with Crippen molar-refractivity contribution in [3.05, 3.63) is 182 Å². The van der Waals surface area contributed by atoms with Crippen LogP contribution in [-0.2, 0) is 0 Å². The smallest absolute Gasteiger partial charge is 0.143 e. The van der Waals surface area contributed by atoms with Gasteiger partial charge < -0.3 is 4.42 Å². The lowest BCUT2D eigenvalue weighted by Gasteiger charge is -2.19. The molecule has 0 fully saturated rings. The maximum atomic E-state index is 6.70. The number of fused-ring (bicyclic) bond motifs is 9. The molecule has 0 amide bonds. The first-order chi connectivity index (χ1) is 25.3. The predicted molar refractivity (Wildman–Crippen MR) is 218 cm³/mol. The highest BCUT2D eigenvalue weighted by atomic mass is 16.3. The zero-order valence-electron chi connectivity index (χ0n) is 27.7. The van der Waals surface area contributed by atoms with Crippen LogP contribution < -0.4 is 0 Å². The minimum Gasteiger partial charge on any atom is -0.455 e.